The maximum Gasteiger partial charge on any atom is 0.115 e. The summed E-state index contributed by atoms with van der Waals surface area (Å²) in [6, 6.07) is 7.62. The first kappa shape index (κ1) is 20.3. The van der Waals surface area contributed by atoms with Gasteiger partial charge in [-0.2, -0.15) is 0 Å². The average molecular weight is 267 g/mol. The number of phenols is 1. The van der Waals surface area contributed by atoms with E-state index in [9.17, 15) is 5.11 Å². The third-order valence-electron chi connectivity index (χ3n) is 2.76. The Bertz CT molecular complexity index is 297. The molecule has 0 saturated carbocycles. The molecular formula is C17H33NO. The van der Waals surface area contributed by atoms with Crippen molar-refractivity contribution >= 4 is 0 Å². The summed E-state index contributed by atoms with van der Waals surface area (Å²) in [6.07, 6.45) is 2.27. The minimum atomic E-state index is 0.371. The molecule has 0 bridgehead atoms. The zero-order valence-electron chi connectivity index (χ0n) is 13.9. The molecule has 2 nitrogen and oxygen atoms in total. The summed E-state index contributed by atoms with van der Waals surface area (Å²) in [5, 5.41) is 9.42. The molecular weight excluding hydrogens is 234 g/mol. The fourth-order valence-electron chi connectivity index (χ4n) is 1.80. The molecule has 0 aliphatic heterocycles. The van der Waals surface area contributed by atoms with Crippen LogP contribution < -0.4 is 0 Å². The third-order valence-corrected chi connectivity index (χ3v) is 2.76. The lowest BCUT2D eigenvalue weighted by molar-refractivity contribution is 0.377. The van der Waals surface area contributed by atoms with E-state index in [0.717, 1.165) is 19.4 Å². The highest BCUT2D eigenvalue weighted by Gasteiger charge is 2.09. The predicted octanol–water partition coefficient (Wildman–Crippen LogP) is 4.89. The molecule has 0 heterocycles. The second kappa shape index (κ2) is 13.4. The molecule has 1 N–H and O–H groups in total. The van der Waals surface area contributed by atoms with E-state index in [1.807, 2.05) is 39.8 Å². The van der Waals surface area contributed by atoms with Crippen molar-refractivity contribution in [2.45, 2.75) is 53.4 Å². The van der Waals surface area contributed by atoms with E-state index in [4.69, 9.17) is 0 Å². The molecule has 112 valence electrons. The molecule has 1 aromatic rings. The molecule has 0 radical (unpaired) electrons. The SMILES string of the molecule is CC.CC.CCC(CCN(C)C)c1cccc(O)c1. The lowest BCUT2D eigenvalue weighted by Gasteiger charge is -2.18. The summed E-state index contributed by atoms with van der Waals surface area (Å²) >= 11 is 0. The summed E-state index contributed by atoms with van der Waals surface area (Å²) in [6.45, 7) is 11.3. The van der Waals surface area contributed by atoms with Gasteiger partial charge in [0.05, 0.1) is 0 Å². The van der Waals surface area contributed by atoms with E-state index in [2.05, 4.69) is 32.0 Å². The molecule has 1 aromatic carbocycles. The fraction of sp³-hybridized carbons (Fsp3) is 0.647. The second-order valence-electron chi connectivity index (χ2n) is 4.29. The van der Waals surface area contributed by atoms with Gasteiger partial charge in [0, 0.05) is 0 Å². The van der Waals surface area contributed by atoms with Crippen molar-refractivity contribution in [3.63, 3.8) is 0 Å². The van der Waals surface area contributed by atoms with Crippen LogP contribution in [0.5, 0.6) is 5.75 Å². The lowest BCUT2D eigenvalue weighted by Crippen LogP contribution is -2.15. The van der Waals surface area contributed by atoms with Crippen LogP contribution in [0.25, 0.3) is 0 Å². The zero-order valence-corrected chi connectivity index (χ0v) is 13.9. The van der Waals surface area contributed by atoms with Gasteiger partial charge in [0.2, 0.25) is 0 Å². The monoisotopic (exact) mass is 267 g/mol. The number of nitrogens with zero attached hydrogens (tertiary/aromatic N) is 1. The van der Waals surface area contributed by atoms with Crippen LogP contribution in [0.2, 0.25) is 0 Å². The summed E-state index contributed by atoms with van der Waals surface area (Å²) < 4.78 is 0. The van der Waals surface area contributed by atoms with Gasteiger partial charge in [-0.05, 0) is 57.1 Å². The van der Waals surface area contributed by atoms with Crippen molar-refractivity contribution in [3.05, 3.63) is 29.8 Å². The predicted molar refractivity (Wildman–Crippen MR) is 87.0 cm³/mol. The highest BCUT2D eigenvalue weighted by molar-refractivity contribution is 5.29. The Kier molecular flexibility index (Phi) is 14.3. The largest absolute Gasteiger partial charge is 0.508 e. The zero-order chi connectivity index (χ0) is 15.3. The molecule has 1 unspecified atom stereocenters. The van der Waals surface area contributed by atoms with Crippen molar-refractivity contribution in [2.75, 3.05) is 20.6 Å². The van der Waals surface area contributed by atoms with Crippen LogP contribution in [0, 0.1) is 0 Å². The number of hydrogen-bond acceptors (Lipinski definition) is 2. The van der Waals surface area contributed by atoms with E-state index < -0.39 is 0 Å². The number of rotatable bonds is 5. The normalized spacial score (nSPS) is 10.9. The Morgan fingerprint density at radius 3 is 2.11 bits per heavy atom. The van der Waals surface area contributed by atoms with Gasteiger partial charge in [-0.3, -0.25) is 0 Å². The summed E-state index contributed by atoms with van der Waals surface area (Å²) in [7, 11) is 4.18. The number of hydrogen-bond donors (Lipinski definition) is 1. The molecule has 0 aliphatic carbocycles. The minimum absolute atomic E-state index is 0.371. The molecule has 1 atom stereocenters. The highest BCUT2D eigenvalue weighted by atomic mass is 16.3. The smallest absolute Gasteiger partial charge is 0.115 e. The van der Waals surface area contributed by atoms with Gasteiger partial charge in [-0.25, -0.2) is 0 Å². The van der Waals surface area contributed by atoms with Gasteiger partial charge in [0.25, 0.3) is 0 Å². The van der Waals surface area contributed by atoms with Crippen LogP contribution >= 0.6 is 0 Å². The van der Waals surface area contributed by atoms with Gasteiger partial charge in [0.1, 0.15) is 5.75 Å². The second-order valence-corrected chi connectivity index (χ2v) is 4.29. The lowest BCUT2D eigenvalue weighted by atomic mass is 9.93. The van der Waals surface area contributed by atoms with Crippen LogP contribution in [0.15, 0.2) is 24.3 Å². The third kappa shape index (κ3) is 9.54. The molecule has 0 amide bonds. The van der Waals surface area contributed by atoms with Gasteiger partial charge in [0.15, 0.2) is 0 Å². The van der Waals surface area contributed by atoms with Crippen LogP contribution in [-0.4, -0.2) is 30.6 Å². The maximum atomic E-state index is 9.42. The first-order valence-electron chi connectivity index (χ1n) is 7.57. The van der Waals surface area contributed by atoms with Crippen molar-refractivity contribution in [2.24, 2.45) is 0 Å². The van der Waals surface area contributed by atoms with E-state index in [1.54, 1.807) is 6.07 Å². The van der Waals surface area contributed by atoms with E-state index in [0.29, 0.717) is 11.7 Å². The molecule has 2 heteroatoms. The molecule has 1 rings (SSSR count). The first-order chi connectivity index (χ1) is 9.13. The van der Waals surface area contributed by atoms with Gasteiger partial charge in [-0.15, -0.1) is 0 Å². The topological polar surface area (TPSA) is 23.5 Å². The molecule has 0 aromatic heterocycles. The van der Waals surface area contributed by atoms with Gasteiger partial charge >= 0.3 is 0 Å². The summed E-state index contributed by atoms with van der Waals surface area (Å²) in [5.41, 5.74) is 1.25. The minimum Gasteiger partial charge on any atom is -0.508 e. The Morgan fingerprint density at radius 2 is 1.68 bits per heavy atom. The van der Waals surface area contributed by atoms with Crippen molar-refractivity contribution < 1.29 is 5.11 Å². The van der Waals surface area contributed by atoms with E-state index >= 15 is 0 Å². The van der Waals surface area contributed by atoms with Crippen LogP contribution in [-0.2, 0) is 0 Å². The summed E-state index contributed by atoms with van der Waals surface area (Å²) in [4.78, 5) is 2.20. The maximum absolute atomic E-state index is 9.42. The van der Waals surface area contributed by atoms with Crippen LogP contribution in [0.3, 0.4) is 0 Å². The fourth-order valence-corrected chi connectivity index (χ4v) is 1.80. The number of aromatic hydroxyl groups is 1. The molecule has 0 fully saturated rings. The molecule has 0 saturated heterocycles. The van der Waals surface area contributed by atoms with E-state index in [-0.39, 0.29) is 0 Å². The Hall–Kier alpha value is -1.02. The Balaban J connectivity index is 0. The van der Waals surface area contributed by atoms with Crippen LogP contribution in [0.4, 0.5) is 0 Å². The molecule has 0 spiro atoms. The van der Waals surface area contributed by atoms with Crippen molar-refractivity contribution in [3.8, 4) is 5.75 Å². The summed E-state index contributed by atoms with van der Waals surface area (Å²) in [5.74, 6) is 0.926. The standard InChI is InChI=1S/C13H21NO.2C2H6/c1-4-11(8-9-14(2)3)12-6-5-7-13(15)10-12;2*1-2/h5-7,10-11,15H,4,8-9H2,1-3H3;2*1-2H3. The quantitative estimate of drug-likeness (QED) is 0.821. The average Bonchev–Trinajstić information content (AvgIpc) is 2.44. The van der Waals surface area contributed by atoms with Crippen molar-refractivity contribution in [1.82, 2.24) is 4.90 Å². The Morgan fingerprint density at radius 1 is 1.11 bits per heavy atom. The Labute approximate surface area is 120 Å². The number of phenolic OH excluding ortho intramolecular Hbond substituents is 1. The van der Waals surface area contributed by atoms with Gasteiger partial charge in [-0.1, -0.05) is 46.8 Å². The van der Waals surface area contributed by atoms with Gasteiger partial charge < -0.3 is 10.0 Å². The molecule has 0 aliphatic rings. The van der Waals surface area contributed by atoms with Crippen molar-refractivity contribution in [1.29, 1.82) is 0 Å². The van der Waals surface area contributed by atoms with Crippen LogP contribution in [0.1, 0.15) is 58.9 Å². The highest BCUT2D eigenvalue weighted by Crippen LogP contribution is 2.25. The first-order valence-corrected chi connectivity index (χ1v) is 7.57. The van der Waals surface area contributed by atoms with E-state index in [1.165, 1.54) is 5.56 Å². The molecule has 19 heavy (non-hydrogen) atoms. The number of benzene rings is 1.